The highest BCUT2D eigenvalue weighted by molar-refractivity contribution is 7.13. The number of benzene rings is 1. The summed E-state index contributed by atoms with van der Waals surface area (Å²) in [4.78, 5) is 21.3. The molecule has 0 aliphatic heterocycles. The molecule has 0 radical (unpaired) electrons. The Labute approximate surface area is 171 Å². The maximum absolute atomic E-state index is 12.4. The molecule has 28 heavy (non-hydrogen) atoms. The Morgan fingerprint density at radius 1 is 1.21 bits per heavy atom. The van der Waals surface area contributed by atoms with Crippen LogP contribution >= 0.6 is 22.9 Å². The fraction of sp³-hybridized carbons (Fsp3) is 0.0952. The molecule has 5 nitrogen and oxygen atoms in total. The standard InChI is InChI=1S/C21H17ClN4OS/c1-14-8-9-23-19(11-14)25-20(27)12-26-10-2-3-18(26)21-24-17(13-28-21)15-4-6-16(22)7-5-15/h2-11,13H,12H2,1H3,(H,23,25,27). The molecular formula is C21H17ClN4OS. The summed E-state index contributed by atoms with van der Waals surface area (Å²) in [6.45, 7) is 2.15. The monoisotopic (exact) mass is 408 g/mol. The fourth-order valence-electron chi connectivity index (χ4n) is 2.83. The summed E-state index contributed by atoms with van der Waals surface area (Å²) in [7, 11) is 0. The lowest BCUT2D eigenvalue weighted by molar-refractivity contribution is -0.116. The summed E-state index contributed by atoms with van der Waals surface area (Å²) in [5.41, 5.74) is 3.84. The SMILES string of the molecule is Cc1ccnc(NC(=O)Cn2cccc2-c2nc(-c3ccc(Cl)cc3)cs2)c1. The first-order valence-corrected chi connectivity index (χ1v) is 9.94. The van der Waals surface area contributed by atoms with E-state index in [1.165, 1.54) is 0 Å². The zero-order valence-corrected chi connectivity index (χ0v) is 16.7. The van der Waals surface area contributed by atoms with E-state index in [9.17, 15) is 4.79 Å². The predicted molar refractivity (Wildman–Crippen MR) is 114 cm³/mol. The molecule has 0 fully saturated rings. The van der Waals surface area contributed by atoms with Gasteiger partial charge < -0.3 is 9.88 Å². The molecule has 0 spiro atoms. The topological polar surface area (TPSA) is 59.8 Å². The van der Waals surface area contributed by atoms with Crippen LogP contribution in [0.4, 0.5) is 5.82 Å². The molecule has 0 saturated heterocycles. The Morgan fingerprint density at radius 2 is 2.04 bits per heavy atom. The second kappa shape index (κ2) is 7.96. The Bertz CT molecular complexity index is 1120. The van der Waals surface area contributed by atoms with Crippen LogP contribution in [0.15, 0.2) is 66.3 Å². The summed E-state index contributed by atoms with van der Waals surface area (Å²) in [5.74, 6) is 0.419. The van der Waals surface area contributed by atoms with Crippen LogP contribution in [0.1, 0.15) is 5.56 Å². The van der Waals surface area contributed by atoms with Gasteiger partial charge in [-0.25, -0.2) is 9.97 Å². The smallest absolute Gasteiger partial charge is 0.245 e. The fourth-order valence-corrected chi connectivity index (χ4v) is 3.83. The van der Waals surface area contributed by atoms with Gasteiger partial charge in [-0.05, 0) is 48.9 Å². The number of carbonyl (C=O) groups excluding carboxylic acids is 1. The van der Waals surface area contributed by atoms with Crippen molar-refractivity contribution in [1.29, 1.82) is 0 Å². The van der Waals surface area contributed by atoms with Crippen LogP contribution in [0.25, 0.3) is 22.0 Å². The molecule has 0 aliphatic rings. The first-order valence-electron chi connectivity index (χ1n) is 8.68. The second-order valence-electron chi connectivity index (χ2n) is 6.33. The van der Waals surface area contributed by atoms with Gasteiger partial charge in [0.05, 0.1) is 11.4 Å². The molecule has 7 heteroatoms. The van der Waals surface area contributed by atoms with Gasteiger partial charge in [-0.1, -0.05) is 23.7 Å². The number of anilines is 1. The minimum atomic E-state index is -0.134. The number of aromatic nitrogens is 3. The van der Waals surface area contributed by atoms with Crippen LogP contribution in [-0.4, -0.2) is 20.4 Å². The highest BCUT2D eigenvalue weighted by Crippen LogP contribution is 2.29. The molecule has 1 amide bonds. The molecule has 0 unspecified atom stereocenters. The lowest BCUT2D eigenvalue weighted by atomic mass is 10.2. The van der Waals surface area contributed by atoms with Gasteiger partial charge in [-0.3, -0.25) is 4.79 Å². The van der Waals surface area contributed by atoms with Gasteiger partial charge in [-0.15, -0.1) is 11.3 Å². The molecule has 0 atom stereocenters. The van der Waals surface area contributed by atoms with E-state index in [-0.39, 0.29) is 12.5 Å². The van der Waals surface area contributed by atoms with Crippen molar-refractivity contribution in [2.75, 3.05) is 5.32 Å². The number of halogens is 1. The Morgan fingerprint density at radius 3 is 2.82 bits per heavy atom. The average molecular weight is 409 g/mol. The van der Waals surface area contributed by atoms with Crippen LogP contribution in [0, 0.1) is 6.92 Å². The lowest BCUT2D eigenvalue weighted by Gasteiger charge is -2.08. The average Bonchev–Trinajstić information content (AvgIpc) is 3.31. The van der Waals surface area contributed by atoms with E-state index in [0.717, 1.165) is 27.5 Å². The zero-order chi connectivity index (χ0) is 19.5. The minimum absolute atomic E-state index is 0.134. The maximum Gasteiger partial charge on any atom is 0.245 e. The largest absolute Gasteiger partial charge is 0.336 e. The quantitative estimate of drug-likeness (QED) is 0.489. The van der Waals surface area contributed by atoms with Crippen molar-refractivity contribution in [2.24, 2.45) is 0 Å². The third-order valence-corrected chi connectivity index (χ3v) is 5.31. The van der Waals surface area contributed by atoms with E-state index in [0.29, 0.717) is 10.8 Å². The highest BCUT2D eigenvalue weighted by atomic mass is 35.5. The number of rotatable bonds is 5. The molecule has 1 N–H and O–H groups in total. The molecule has 4 aromatic rings. The maximum atomic E-state index is 12.4. The van der Waals surface area contributed by atoms with E-state index in [1.807, 2.05) is 71.6 Å². The van der Waals surface area contributed by atoms with E-state index in [4.69, 9.17) is 16.6 Å². The van der Waals surface area contributed by atoms with Crippen molar-refractivity contribution in [3.05, 3.63) is 76.9 Å². The first kappa shape index (κ1) is 18.4. The van der Waals surface area contributed by atoms with Crippen molar-refractivity contribution in [2.45, 2.75) is 13.5 Å². The number of nitrogens with one attached hydrogen (secondary N) is 1. The minimum Gasteiger partial charge on any atom is -0.336 e. The van der Waals surface area contributed by atoms with Crippen LogP contribution in [0.5, 0.6) is 0 Å². The highest BCUT2D eigenvalue weighted by Gasteiger charge is 2.13. The number of hydrogen-bond donors (Lipinski definition) is 1. The van der Waals surface area contributed by atoms with Crippen molar-refractivity contribution in [1.82, 2.24) is 14.5 Å². The molecule has 1 aromatic carbocycles. The van der Waals surface area contributed by atoms with Gasteiger partial charge in [0.25, 0.3) is 0 Å². The van der Waals surface area contributed by atoms with Crippen LogP contribution in [0.3, 0.4) is 0 Å². The van der Waals surface area contributed by atoms with Crippen molar-refractivity contribution in [3.63, 3.8) is 0 Å². The summed E-state index contributed by atoms with van der Waals surface area (Å²) >= 11 is 7.50. The zero-order valence-electron chi connectivity index (χ0n) is 15.1. The second-order valence-corrected chi connectivity index (χ2v) is 7.63. The molecule has 3 heterocycles. The van der Waals surface area contributed by atoms with E-state index >= 15 is 0 Å². The molecular weight excluding hydrogens is 392 g/mol. The summed E-state index contributed by atoms with van der Waals surface area (Å²) in [6.07, 6.45) is 3.56. The van der Waals surface area contributed by atoms with Gasteiger partial charge in [-0.2, -0.15) is 0 Å². The van der Waals surface area contributed by atoms with Gasteiger partial charge >= 0.3 is 0 Å². The van der Waals surface area contributed by atoms with Crippen molar-refractivity contribution in [3.8, 4) is 22.0 Å². The Balaban J connectivity index is 1.51. The Hall–Kier alpha value is -2.96. The van der Waals surface area contributed by atoms with Crippen LogP contribution < -0.4 is 5.32 Å². The van der Waals surface area contributed by atoms with E-state index in [1.54, 1.807) is 17.5 Å². The number of amides is 1. The molecule has 0 bridgehead atoms. The normalized spacial score (nSPS) is 10.8. The van der Waals surface area contributed by atoms with Gasteiger partial charge in [0.1, 0.15) is 17.4 Å². The van der Waals surface area contributed by atoms with Crippen LogP contribution in [0.2, 0.25) is 5.02 Å². The summed E-state index contributed by atoms with van der Waals surface area (Å²) in [6, 6.07) is 15.2. The number of carbonyl (C=O) groups is 1. The lowest BCUT2D eigenvalue weighted by Crippen LogP contribution is -2.19. The molecule has 4 rings (SSSR count). The molecule has 140 valence electrons. The first-order chi connectivity index (χ1) is 13.6. The van der Waals surface area contributed by atoms with E-state index < -0.39 is 0 Å². The molecule has 0 aliphatic carbocycles. The summed E-state index contributed by atoms with van der Waals surface area (Å²) < 4.78 is 1.88. The predicted octanol–water partition coefficient (Wildman–Crippen LogP) is 5.27. The number of nitrogens with zero attached hydrogens (tertiary/aromatic N) is 3. The number of pyridine rings is 1. The van der Waals surface area contributed by atoms with Crippen molar-refractivity contribution < 1.29 is 4.79 Å². The van der Waals surface area contributed by atoms with Crippen molar-refractivity contribution >= 4 is 34.7 Å². The molecule has 0 saturated carbocycles. The van der Waals surface area contributed by atoms with Gasteiger partial charge in [0.15, 0.2) is 0 Å². The van der Waals surface area contributed by atoms with E-state index in [2.05, 4.69) is 10.3 Å². The number of hydrogen-bond acceptors (Lipinski definition) is 4. The third kappa shape index (κ3) is 4.13. The Kier molecular flexibility index (Phi) is 5.23. The van der Waals surface area contributed by atoms with Gasteiger partial charge in [0, 0.05) is 28.4 Å². The summed E-state index contributed by atoms with van der Waals surface area (Å²) in [5, 5.41) is 6.40. The third-order valence-electron chi connectivity index (χ3n) is 4.19. The molecule has 3 aromatic heterocycles. The number of thiazole rings is 1. The van der Waals surface area contributed by atoms with Gasteiger partial charge in [0.2, 0.25) is 5.91 Å². The number of aryl methyl sites for hydroxylation is 1. The van der Waals surface area contributed by atoms with Crippen LogP contribution in [-0.2, 0) is 11.3 Å².